The maximum atomic E-state index is 12.0. The van der Waals surface area contributed by atoms with Gasteiger partial charge in [0.1, 0.15) is 0 Å². The smallest absolute Gasteiger partial charge is 0.349 e. The van der Waals surface area contributed by atoms with Crippen LogP contribution in [0.2, 0.25) is 0 Å². The molecule has 0 atom stereocenters. The van der Waals surface area contributed by atoms with Gasteiger partial charge in [0.25, 0.3) is 0 Å². The van der Waals surface area contributed by atoms with Crippen molar-refractivity contribution in [2.24, 2.45) is 0 Å². The van der Waals surface area contributed by atoms with E-state index in [1.165, 1.54) is 0 Å². The minimum atomic E-state index is -0.957. The maximum Gasteiger partial charge on any atom is 0.349 e. The Kier molecular flexibility index (Phi) is 5.33. The molecule has 0 bridgehead atoms. The summed E-state index contributed by atoms with van der Waals surface area (Å²) in [6.45, 7) is 6.47. The van der Waals surface area contributed by atoms with Gasteiger partial charge in [0.05, 0.1) is 17.2 Å². The molecule has 7 heteroatoms. The number of esters is 3. The first-order valence-electron chi connectivity index (χ1n) is 5.98. The second kappa shape index (κ2) is 6.56. The number of hydrogen-bond acceptors (Lipinski definition) is 6. The third-order valence-corrected chi connectivity index (χ3v) is 2.27. The fourth-order valence-corrected chi connectivity index (χ4v) is 1.56. The van der Waals surface area contributed by atoms with Gasteiger partial charge in [-0.05, 0) is 27.7 Å². The average Bonchev–Trinajstić information content (AvgIpc) is 2.55. The van der Waals surface area contributed by atoms with Crippen LogP contribution < -0.4 is 0 Å². The highest BCUT2D eigenvalue weighted by atomic mass is 35.5. The lowest BCUT2D eigenvalue weighted by atomic mass is 10.2. The average molecular weight is 303 g/mol. The number of cyclic esters (lactones) is 1. The molecule has 0 amide bonds. The molecule has 20 heavy (non-hydrogen) atoms. The fourth-order valence-electron chi connectivity index (χ4n) is 1.33. The van der Waals surface area contributed by atoms with Crippen molar-refractivity contribution in [3.8, 4) is 0 Å². The summed E-state index contributed by atoms with van der Waals surface area (Å²) in [5.74, 6) is -3.02. The molecule has 0 N–H and O–H groups in total. The number of carbonyl (C=O) groups excluding carboxylic acids is 3. The summed E-state index contributed by atoms with van der Waals surface area (Å²) in [7, 11) is 0. The highest BCUT2D eigenvalue weighted by molar-refractivity contribution is 6.35. The predicted octanol–water partition coefficient (Wildman–Crippen LogP) is 1.82. The summed E-state index contributed by atoms with van der Waals surface area (Å²) in [6.07, 6.45) is 0.0528. The van der Waals surface area contributed by atoms with Crippen LogP contribution in [-0.2, 0) is 28.6 Å². The van der Waals surface area contributed by atoms with Gasteiger partial charge in [0, 0.05) is 6.08 Å². The first kappa shape index (κ1) is 16.2. The van der Waals surface area contributed by atoms with E-state index in [-0.39, 0.29) is 10.8 Å². The molecule has 1 aliphatic heterocycles. The Labute approximate surface area is 121 Å². The van der Waals surface area contributed by atoms with Crippen LogP contribution in [0, 0.1) is 0 Å². The molecular formula is C13H15ClO6. The van der Waals surface area contributed by atoms with Crippen molar-refractivity contribution >= 4 is 29.5 Å². The van der Waals surface area contributed by atoms with Gasteiger partial charge in [0.15, 0.2) is 11.3 Å². The molecule has 0 saturated heterocycles. The van der Waals surface area contributed by atoms with Gasteiger partial charge in [0.2, 0.25) is 0 Å². The molecule has 6 nitrogen and oxygen atoms in total. The first-order valence-corrected chi connectivity index (χ1v) is 6.35. The Balaban J connectivity index is 3.18. The molecule has 0 aromatic heterocycles. The van der Waals surface area contributed by atoms with Gasteiger partial charge >= 0.3 is 17.9 Å². The Hall–Kier alpha value is -1.82. The van der Waals surface area contributed by atoms with Crippen molar-refractivity contribution in [1.29, 1.82) is 0 Å². The molecule has 0 radical (unpaired) electrons. The van der Waals surface area contributed by atoms with Crippen LogP contribution in [0.5, 0.6) is 0 Å². The van der Waals surface area contributed by atoms with Crippen LogP contribution in [0.15, 0.2) is 22.4 Å². The summed E-state index contributed by atoms with van der Waals surface area (Å²) < 4.78 is 14.6. The Bertz CT molecular complexity index is 477. The van der Waals surface area contributed by atoms with Crippen molar-refractivity contribution < 1.29 is 28.6 Å². The fraction of sp³-hybridized carbons (Fsp3) is 0.462. The molecule has 0 aromatic rings. The predicted molar refractivity (Wildman–Crippen MR) is 69.5 cm³/mol. The lowest BCUT2D eigenvalue weighted by Gasteiger charge is -2.14. The van der Waals surface area contributed by atoms with Crippen molar-refractivity contribution in [3.05, 3.63) is 22.4 Å². The third-order valence-electron chi connectivity index (χ3n) is 1.98. The molecule has 1 rings (SSSR count). The second-order valence-corrected chi connectivity index (χ2v) is 4.93. The monoisotopic (exact) mass is 302 g/mol. The van der Waals surface area contributed by atoms with Crippen molar-refractivity contribution in [2.75, 3.05) is 0 Å². The SMILES string of the molecule is CC(C)OC(=O)C(C(=O)OC(C)C)=C1OC(=O)C=C1Cl. The summed E-state index contributed by atoms with van der Waals surface area (Å²) in [5, 5.41) is -0.147. The Morgan fingerprint density at radius 3 is 1.85 bits per heavy atom. The minimum Gasteiger partial charge on any atom is -0.459 e. The number of hydrogen-bond donors (Lipinski definition) is 0. The molecule has 110 valence electrons. The zero-order chi connectivity index (χ0) is 15.4. The number of carbonyl (C=O) groups is 3. The van der Waals surface area contributed by atoms with E-state index in [2.05, 4.69) is 0 Å². The topological polar surface area (TPSA) is 78.9 Å². The number of halogens is 1. The number of allylic oxidation sites excluding steroid dienone is 1. The van der Waals surface area contributed by atoms with Crippen LogP contribution in [0.1, 0.15) is 27.7 Å². The van der Waals surface area contributed by atoms with E-state index < -0.39 is 35.7 Å². The van der Waals surface area contributed by atoms with E-state index >= 15 is 0 Å². The van der Waals surface area contributed by atoms with E-state index in [4.69, 9.17) is 25.8 Å². The third kappa shape index (κ3) is 4.09. The molecular weight excluding hydrogens is 288 g/mol. The largest absolute Gasteiger partial charge is 0.459 e. The molecule has 0 spiro atoms. The first-order chi connectivity index (χ1) is 9.22. The zero-order valence-corrected chi connectivity index (χ0v) is 12.3. The zero-order valence-electron chi connectivity index (χ0n) is 11.6. The highest BCUT2D eigenvalue weighted by Gasteiger charge is 2.34. The highest BCUT2D eigenvalue weighted by Crippen LogP contribution is 2.28. The van der Waals surface area contributed by atoms with Crippen LogP contribution in [-0.4, -0.2) is 30.1 Å². The van der Waals surface area contributed by atoms with Crippen LogP contribution in [0.3, 0.4) is 0 Å². The Morgan fingerprint density at radius 2 is 1.55 bits per heavy atom. The lowest BCUT2D eigenvalue weighted by molar-refractivity contribution is -0.151. The van der Waals surface area contributed by atoms with E-state index in [0.29, 0.717) is 0 Å². The van der Waals surface area contributed by atoms with Crippen molar-refractivity contribution in [2.45, 2.75) is 39.9 Å². The van der Waals surface area contributed by atoms with Crippen molar-refractivity contribution in [3.63, 3.8) is 0 Å². The molecule has 0 saturated carbocycles. The molecule has 1 aliphatic rings. The summed E-state index contributed by atoms with van der Waals surface area (Å²) in [4.78, 5) is 35.1. The van der Waals surface area contributed by atoms with Crippen LogP contribution in [0.4, 0.5) is 0 Å². The lowest BCUT2D eigenvalue weighted by Crippen LogP contribution is -2.25. The standard InChI is InChI=1S/C13H15ClO6/c1-6(2)18-12(16)10(13(17)19-7(3)4)11-8(14)5-9(15)20-11/h5-7H,1-4H3. The van der Waals surface area contributed by atoms with Crippen LogP contribution in [0.25, 0.3) is 0 Å². The molecule has 0 fully saturated rings. The summed E-state index contributed by atoms with van der Waals surface area (Å²) >= 11 is 5.77. The van der Waals surface area contributed by atoms with Crippen LogP contribution >= 0.6 is 11.6 Å². The number of ether oxygens (including phenoxy) is 3. The second-order valence-electron chi connectivity index (χ2n) is 4.53. The normalized spacial score (nSPS) is 14.2. The van der Waals surface area contributed by atoms with Gasteiger partial charge in [-0.25, -0.2) is 14.4 Å². The van der Waals surface area contributed by atoms with E-state index in [1.54, 1.807) is 27.7 Å². The molecule has 0 unspecified atom stereocenters. The molecule has 0 aliphatic carbocycles. The maximum absolute atomic E-state index is 12.0. The summed E-state index contributed by atoms with van der Waals surface area (Å²) in [6, 6.07) is 0. The molecule has 0 aromatic carbocycles. The van der Waals surface area contributed by atoms with Gasteiger partial charge < -0.3 is 14.2 Å². The minimum absolute atomic E-state index is 0.147. The molecule has 1 heterocycles. The van der Waals surface area contributed by atoms with E-state index in [0.717, 1.165) is 6.08 Å². The van der Waals surface area contributed by atoms with E-state index in [1.807, 2.05) is 0 Å². The van der Waals surface area contributed by atoms with Gasteiger partial charge in [-0.2, -0.15) is 0 Å². The van der Waals surface area contributed by atoms with Gasteiger partial charge in [-0.3, -0.25) is 0 Å². The number of rotatable bonds is 4. The van der Waals surface area contributed by atoms with Gasteiger partial charge in [-0.15, -0.1) is 0 Å². The quantitative estimate of drug-likeness (QED) is 0.259. The summed E-state index contributed by atoms with van der Waals surface area (Å²) in [5.41, 5.74) is -0.528. The van der Waals surface area contributed by atoms with Gasteiger partial charge in [-0.1, -0.05) is 11.6 Å². The van der Waals surface area contributed by atoms with Crippen molar-refractivity contribution in [1.82, 2.24) is 0 Å². The van der Waals surface area contributed by atoms with E-state index in [9.17, 15) is 14.4 Å². The Morgan fingerprint density at radius 1 is 1.10 bits per heavy atom.